The topological polar surface area (TPSA) is 98.4 Å². The monoisotopic (exact) mass is 418 g/mol. The lowest BCUT2D eigenvalue weighted by atomic mass is 9.96. The summed E-state index contributed by atoms with van der Waals surface area (Å²) in [6.45, 7) is 2.31. The number of nitrogens with two attached hydrogens (primary N) is 1. The van der Waals surface area contributed by atoms with Gasteiger partial charge in [0.25, 0.3) is 0 Å². The summed E-state index contributed by atoms with van der Waals surface area (Å²) in [4.78, 5) is 32.5. The van der Waals surface area contributed by atoms with Crippen LogP contribution in [-0.4, -0.2) is 36.0 Å². The van der Waals surface area contributed by atoms with E-state index in [-0.39, 0.29) is 11.9 Å². The van der Waals surface area contributed by atoms with Crippen LogP contribution in [-0.2, 0) is 22.5 Å². The molecule has 0 fully saturated rings. The van der Waals surface area contributed by atoms with Crippen LogP contribution in [0.15, 0.2) is 55.0 Å². The van der Waals surface area contributed by atoms with Crippen LogP contribution in [0.4, 0.5) is 5.69 Å². The number of carbonyl (C=O) groups excluding carboxylic acids is 2. The van der Waals surface area contributed by atoms with E-state index in [0.717, 1.165) is 34.4 Å². The number of aromatic nitrogens is 2. The lowest BCUT2D eigenvalue weighted by Crippen LogP contribution is -2.30. The van der Waals surface area contributed by atoms with Crippen molar-refractivity contribution in [2.45, 2.75) is 26.3 Å². The molecule has 0 saturated heterocycles. The maximum Gasteiger partial charge on any atom is 0.356 e. The van der Waals surface area contributed by atoms with Crippen molar-refractivity contribution < 1.29 is 14.3 Å². The Hall–Kier alpha value is -3.58. The fourth-order valence-corrected chi connectivity index (χ4v) is 3.39. The third kappa shape index (κ3) is 5.13. The molecule has 2 N–H and O–H groups in total. The summed E-state index contributed by atoms with van der Waals surface area (Å²) in [6, 6.07) is 11.9. The van der Waals surface area contributed by atoms with Gasteiger partial charge in [0.1, 0.15) is 0 Å². The molecule has 1 aliphatic rings. The van der Waals surface area contributed by atoms with Gasteiger partial charge in [-0.2, -0.15) is 0 Å². The molecule has 1 amide bonds. The number of benzene rings is 1. The zero-order valence-electron chi connectivity index (χ0n) is 18.0. The molecule has 2 aromatic heterocycles. The van der Waals surface area contributed by atoms with E-state index in [2.05, 4.69) is 26.8 Å². The lowest BCUT2D eigenvalue weighted by Gasteiger charge is -2.26. The van der Waals surface area contributed by atoms with E-state index in [1.54, 1.807) is 23.4 Å². The maximum absolute atomic E-state index is 11.7. The van der Waals surface area contributed by atoms with Crippen LogP contribution in [0.5, 0.6) is 0 Å². The third-order valence-corrected chi connectivity index (χ3v) is 5.18. The zero-order valence-corrected chi connectivity index (χ0v) is 18.0. The van der Waals surface area contributed by atoms with Crippen LogP contribution in [0, 0.1) is 6.92 Å². The molecular weight excluding hydrogens is 392 g/mol. The van der Waals surface area contributed by atoms with Crippen molar-refractivity contribution in [3.8, 4) is 11.1 Å². The first-order valence-electron chi connectivity index (χ1n) is 9.98. The SMILES string of the molecule is CN1C(=O)CCc2cc(-c3cncc(CN)c3)ccc21.COC(=O)c1ncccc1C. The maximum atomic E-state index is 11.7. The largest absolute Gasteiger partial charge is 0.464 e. The van der Waals surface area contributed by atoms with Gasteiger partial charge in [0, 0.05) is 49.9 Å². The van der Waals surface area contributed by atoms with Crippen LogP contribution in [0.2, 0.25) is 0 Å². The number of amides is 1. The predicted octanol–water partition coefficient (Wildman–Crippen LogP) is 3.29. The number of ether oxygens (including phenoxy) is 1. The minimum Gasteiger partial charge on any atom is -0.464 e. The van der Waals surface area contributed by atoms with Gasteiger partial charge in [-0.3, -0.25) is 9.78 Å². The van der Waals surface area contributed by atoms with Crippen molar-refractivity contribution in [1.29, 1.82) is 0 Å². The average molecular weight is 418 g/mol. The molecule has 4 rings (SSSR count). The van der Waals surface area contributed by atoms with Gasteiger partial charge in [-0.1, -0.05) is 12.1 Å². The standard InChI is InChI=1S/C16H17N3O.C8H9NO2/c1-19-15-4-2-12(7-13(15)3-5-16(19)20)14-6-11(8-17)9-18-10-14;1-6-4-3-5-9-7(6)8(10)11-2/h2,4,6-7,9-10H,3,5,8,17H2,1H3;3-5H,1-2H3. The van der Waals surface area contributed by atoms with Gasteiger partial charge in [0.15, 0.2) is 5.69 Å². The Morgan fingerprint density at radius 3 is 2.68 bits per heavy atom. The van der Waals surface area contributed by atoms with Crippen LogP contribution in [0.3, 0.4) is 0 Å². The van der Waals surface area contributed by atoms with E-state index in [0.29, 0.717) is 18.7 Å². The van der Waals surface area contributed by atoms with Crippen molar-refractivity contribution >= 4 is 17.6 Å². The molecule has 0 spiro atoms. The Kier molecular flexibility index (Phi) is 7.10. The summed E-state index contributed by atoms with van der Waals surface area (Å²) < 4.78 is 4.52. The van der Waals surface area contributed by atoms with Crippen LogP contribution in [0.25, 0.3) is 11.1 Å². The second-order valence-electron chi connectivity index (χ2n) is 7.24. The highest BCUT2D eigenvalue weighted by atomic mass is 16.5. The first-order chi connectivity index (χ1) is 14.9. The molecule has 0 radical (unpaired) electrons. The number of methoxy groups -OCH3 is 1. The van der Waals surface area contributed by atoms with Gasteiger partial charge in [0.2, 0.25) is 5.91 Å². The quantitative estimate of drug-likeness (QED) is 0.656. The number of aryl methyl sites for hydroxylation is 2. The summed E-state index contributed by atoms with van der Waals surface area (Å²) in [5.74, 6) is -0.208. The van der Waals surface area contributed by atoms with Crippen molar-refractivity contribution in [3.63, 3.8) is 0 Å². The minimum absolute atomic E-state index is 0.178. The van der Waals surface area contributed by atoms with Gasteiger partial charge < -0.3 is 15.4 Å². The lowest BCUT2D eigenvalue weighted by molar-refractivity contribution is -0.118. The molecule has 7 nitrogen and oxygen atoms in total. The number of rotatable bonds is 3. The average Bonchev–Trinajstić information content (AvgIpc) is 2.81. The highest BCUT2D eigenvalue weighted by Crippen LogP contribution is 2.31. The molecule has 31 heavy (non-hydrogen) atoms. The summed E-state index contributed by atoms with van der Waals surface area (Å²) >= 11 is 0. The van der Waals surface area contributed by atoms with E-state index in [1.807, 2.05) is 38.4 Å². The number of nitrogens with zero attached hydrogens (tertiary/aromatic N) is 3. The third-order valence-electron chi connectivity index (χ3n) is 5.18. The first kappa shape index (κ1) is 22.1. The van der Waals surface area contributed by atoms with E-state index in [4.69, 9.17) is 5.73 Å². The summed E-state index contributed by atoms with van der Waals surface area (Å²) in [7, 11) is 3.17. The van der Waals surface area contributed by atoms with Crippen molar-refractivity contribution in [2.24, 2.45) is 5.73 Å². The first-order valence-corrected chi connectivity index (χ1v) is 9.98. The van der Waals surface area contributed by atoms with Crippen LogP contribution < -0.4 is 10.6 Å². The van der Waals surface area contributed by atoms with E-state index in [9.17, 15) is 9.59 Å². The summed E-state index contributed by atoms with van der Waals surface area (Å²) in [6.07, 6.45) is 6.58. The predicted molar refractivity (Wildman–Crippen MR) is 120 cm³/mol. The molecular formula is C24H26N4O3. The second-order valence-corrected chi connectivity index (χ2v) is 7.24. The van der Waals surface area contributed by atoms with E-state index >= 15 is 0 Å². The van der Waals surface area contributed by atoms with Gasteiger partial charge in [0.05, 0.1) is 7.11 Å². The number of carbonyl (C=O) groups is 2. The Morgan fingerprint density at radius 1 is 1.16 bits per heavy atom. The number of fused-ring (bicyclic) bond motifs is 1. The molecule has 0 atom stereocenters. The Morgan fingerprint density at radius 2 is 1.97 bits per heavy atom. The van der Waals surface area contributed by atoms with Crippen molar-refractivity contribution in [1.82, 2.24) is 9.97 Å². The molecule has 0 aliphatic carbocycles. The summed E-state index contributed by atoms with van der Waals surface area (Å²) in [5, 5.41) is 0. The number of esters is 1. The van der Waals surface area contributed by atoms with Gasteiger partial charge >= 0.3 is 5.97 Å². The second kappa shape index (κ2) is 9.95. The number of hydrogen-bond acceptors (Lipinski definition) is 6. The number of pyridine rings is 2. The normalized spacial score (nSPS) is 12.5. The molecule has 3 aromatic rings. The molecule has 0 saturated carbocycles. The molecule has 3 heterocycles. The van der Waals surface area contributed by atoms with E-state index < -0.39 is 0 Å². The fourth-order valence-electron chi connectivity index (χ4n) is 3.39. The zero-order chi connectivity index (χ0) is 22.4. The van der Waals surface area contributed by atoms with Gasteiger partial charge in [-0.05, 0) is 59.9 Å². The van der Waals surface area contributed by atoms with Crippen LogP contribution >= 0.6 is 0 Å². The number of anilines is 1. The summed E-state index contributed by atoms with van der Waals surface area (Å²) in [5.41, 5.74) is 12.3. The molecule has 1 aliphatic heterocycles. The highest BCUT2D eigenvalue weighted by molar-refractivity contribution is 5.96. The van der Waals surface area contributed by atoms with Gasteiger partial charge in [-0.25, -0.2) is 9.78 Å². The van der Waals surface area contributed by atoms with Crippen LogP contribution in [0.1, 0.15) is 33.6 Å². The number of hydrogen-bond donors (Lipinski definition) is 1. The molecule has 0 bridgehead atoms. The minimum atomic E-state index is -0.386. The fraction of sp³-hybridized carbons (Fsp3) is 0.250. The van der Waals surface area contributed by atoms with Crippen molar-refractivity contribution in [2.75, 3.05) is 19.1 Å². The Bertz CT molecular complexity index is 1100. The Labute approximate surface area is 181 Å². The van der Waals surface area contributed by atoms with Gasteiger partial charge in [-0.15, -0.1) is 0 Å². The van der Waals surface area contributed by atoms with E-state index in [1.165, 1.54) is 12.7 Å². The highest BCUT2D eigenvalue weighted by Gasteiger charge is 2.20. The molecule has 0 unspecified atom stereocenters. The Balaban J connectivity index is 0.000000210. The molecule has 160 valence electrons. The molecule has 1 aromatic carbocycles. The molecule has 7 heteroatoms. The van der Waals surface area contributed by atoms with Crippen molar-refractivity contribution in [3.05, 3.63) is 77.4 Å². The smallest absolute Gasteiger partial charge is 0.356 e.